The lowest BCUT2D eigenvalue weighted by molar-refractivity contribution is -0.141. The van der Waals surface area contributed by atoms with E-state index >= 15 is 0 Å². The van der Waals surface area contributed by atoms with Crippen molar-refractivity contribution in [3.05, 3.63) is 11.8 Å². The number of rotatable bonds is 3. The average Bonchev–Trinajstić information content (AvgIpc) is 2.77. The lowest BCUT2D eigenvalue weighted by Crippen LogP contribution is -2.17. The fourth-order valence-electron chi connectivity index (χ4n) is 1.69. The molecule has 0 spiro atoms. The fourth-order valence-corrected chi connectivity index (χ4v) is 2.98. The summed E-state index contributed by atoms with van der Waals surface area (Å²) < 4.78 is 37.5. The number of anilines is 2. The van der Waals surface area contributed by atoms with E-state index in [0.29, 0.717) is 12.5 Å². The van der Waals surface area contributed by atoms with Crippen molar-refractivity contribution in [2.24, 2.45) is 5.92 Å². The number of nitrogens with one attached hydrogen (secondary N) is 1. The Hall–Kier alpha value is -1.18. The molecule has 1 atom stereocenters. The van der Waals surface area contributed by atoms with Crippen LogP contribution in [0.4, 0.5) is 24.9 Å². The van der Waals surface area contributed by atoms with Gasteiger partial charge in [-0.25, -0.2) is 4.98 Å². The number of alkyl halides is 3. The van der Waals surface area contributed by atoms with E-state index < -0.39 is 11.9 Å². The van der Waals surface area contributed by atoms with Crippen molar-refractivity contribution >= 4 is 23.5 Å². The Morgan fingerprint density at radius 1 is 1.44 bits per heavy atom. The molecule has 2 heterocycles. The van der Waals surface area contributed by atoms with Crippen LogP contribution in [-0.2, 0) is 6.18 Å². The molecule has 1 aliphatic rings. The Balaban J connectivity index is 2.05. The topological polar surface area (TPSA) is 63.8 Å². The van der Waals surface area contributed by atoms with E-state index in [1.54, 1.807) is 0 Å². The summed E-state index contributed by atoms with van der Waals surface area (Å²) >= 11 is 1.85. The van der Waals surface area contributed by atoms with Crippen molar-refractivity contribution in [3.63, 3.8) is 0 Å². The summed E-state index contributed by atoms with van der Waals surface area (Å²) in [6.45, 7) is 0.612. The van der Waals surface area contributed by atoms with Gasteiger partial charge in [-0.05, 0) is 23.8 Å². The van der Waals surface area contributed by atoms with Crippen molar-refractivity contribution < 1.29 is 13.2 Å². The van der Waals surface area contributed by atoms with Crippen molar-refractivity contribution in [2.45, 2.75) is 12.6 Å². The monoisotopic (exact) mass is 278 g/mol. The first kappa shape index (κ1) is 13.3. The van der Waals surface area contributed by atoms with E-state index in [4.69, 9.17) is 5.73 Å². The second-order valence-electron chi connectivity index (χ2n) is 4.10. The van der Waals surface area contributed by atoms with Crippen LogP contribution in [0.1, 0.15) is 12.1 Å². The van der Waals surface area contributed by atoms with E-state index in [1.807, 2.05) is 11.8 Å². The molecule has 1 aromatic rings. The van der Waals surface area contributed by atoms with Gasteiger partial charge in [0.05, 0.1) is 0 Å². The van der Waals surface area contributed by atoms with E-state index in [-0.39, 0.29) is 11.8 Å². The minimum atomic E-state index is -4.50. The molecule has 0 aromatic carbocycles. The molecular weight excluding hydrogens is 265 g/mol. The molecule has 1 fully saturated rings. The standard InChI is InChI=1S/C10H13F3N4S/c11-10(12,13)7-3-8(17-9(14)16-7)15-4-6-1-2-18-5-6/h3,6H,1-2,4-5H2,(H3,14,15,16,17). The van der Waals surface area contributed by atoms with Gasteiger partial charge >= 0.3 is 6.18 Å². The van der Waals surface area contributed by atoms with Crippen LogP contribution >= 0.6 is 11.8 Å². The number of nitrogens with zero attached hydrogens (tertiary/aromatic N) is 2. The predicted molar refractivity (Wildman–Crippen MR) is 65.4 cm³/mol. The maximum absolute atomic E-state index is 12.5. The zero-order valence-electron chi connectivity index (χ0n) is 9.50. The van der Waals surface area contributed by atoms with Gasteiger partial charge in [0.25, 0.3) is 0 Å². The molecule has 100 valence electrons. The molecule has 0 saturated carbocycles. The SMILES string of the molecule is Nc1nc(NCC2CCSC2)cc(C(F)(F)F)n1. The number of hydrogen-bond donors (Lipinski definition) is 2. The number of hydrogen-bond acceptors (Lipinski definition) is 5. The first-order valence-corrected chi connectivity index (χ1v) is 6.64. The van der Waals surface area contributed by atoms with Gasteiger partial charge in [0.15, 0.2) is 5.69 Å². The van der Waals surface area contributed by atoms with Crippen LogP contribution in [0.3, 0.4) is 0 Å². The molecule has 4 nitrogen and oxygen atoms in total. The number of nitrogens with two attached hydrogens (primary N) is 1. The second-order valence-corrected chi connectivity index (χ2v) is 5.25. The van der Waals surface area contributed by atoms with Crippen LogP contribution in [0.5, 0.6) is 0 Å². The molecule has 2 rings (SSSR count). The minimum Gasteiger partial charge on any atom is -0.370 e. The maximum Gasteiger partial charge on any atom is 0.433 e. The summed E-state index contributed by atoms with van der Waals surface area (Å²) in [6, 6.07) is 0.887. The molecule has 18 heavy (non-hydrogen) atoms. The summed E-state index contributed by atoms with van der Waals surface area (Å²) in [6.07, 6.45) is -3.43. The highest BCUT2D eigenvalue weighted by Crippen LogP contribution is 2.29. The Morgan fingerprint density at radius 3 is 2.83 bits per heavy atom. The van der Waals surface area contributed by atoms with E-state index in [2.05, 4.69) is 15.3 Å². The summed E-state index contributed by atoms with van der Waals surface area (Å²) in [4.78, 5) is 6.94. The van der Waals surface area contributed by atoms with Crippen LogP contribution in [-0.4, -0.2) is 28.0 Å². The molecule has 1 aliphatic heterocycles. The predicted octanol–water partition coefficient (Wildman–Crippen LogP) is 2.24. The first-order valence-electron chi connectivity index (χ1n) is 5.48. The van der Waals surface area contributed by atoms with Gasteiger partial charge in [-0.1, -0.05) is 0 Å². The molecule has 0 radical (unpaired) electrons. The van der Waals surface area contributed by atoms with Crippen LogP contribution in [0, 0.1) is 5.92 Å². The van der Waals surface area contributed by atoms with E-state index in [0.717, 1.165) is 24.0 Å². The molecule has 3 N–H and O–H groups in total. The normalized spacial score (nSPS) is 20.1. The third kappa shape index (κ3) is 3.41. The lowest BCUT2D eigenvalue weighted by Gasteiger charge is -2.12. The highest BCUT2D eigenvalue weighted by atomic mass is 32.2. The molecule has 8 heteroatoms. The van der Waals surface area contributed by atoms with E-state index in [1.165, 1.54) is 0 Å². The third-order valence-corrected chi connectivity index (χ3v) is 3.86. The first-order chi connectivity index (χ1) is 8.45. The molecular formula is C10H13F3N4S. The Kier molecular flexibility index (Phi) is 3.84. The average molecular weight is 278 g/mol. The second kappa shape index (κ2) is 5.21. The quantitative estimate of drug-likeness (QED) is 0.887. The highest BCUT2D eigenvalue weighted by molar-refractivity contribution is 7.99. The Morgan fingerprint density at radius 2 is 2.22 bits per heavy atom. The van der Waals surface area contributed by atoms with Crippen molar-refractivity contribution in [1.82, 2.24) is 9.97 Å². The molecule has 1 unspecified atom stereocenters. The number of thioether (sulfide) groups is 1. The zero-order chi connectivity index (χ0) is 13.2. The minimum absolute atomic E-state index is 0.131. The van der Waals surface area contributed by atoms with Gasteiger partial charge in [0, 0.05) is 12.6 Å². The number of halogens is 3. The van der Waals surface area contributed by atoms with Crippen LogP contribution < -0.4 is 11.1 Å². The Labute approximate surface area is 107 Å². The van der Waals surface area contributed by atoms with Crippen molar-refractivity contribution in [3.8, 4) is 0 Å². The third-order valence-electron chi connectivity index (χ3n) is 2.63. The van der Waals surface area contributed by atoms with Crippen molar-refractivity contribution in [1.29, 1.82) is 0 Å². The van der Waals surface area contributed by atoms with Crippen molar-refractivity contribution in [2.75, 3.05) is 29.1 Å². The number of aromatic nitrogens is 2. The van der Waals surface area contributed by atoms with Gasteiger partial charge in [-0.15, -0.1) is 0 Å². The molecule has 1 aromatic heterocycles. The summed E-state index contributed by atoms with van der Waals surface area (Å²) in [5.41, 5.74) is 4.26. The van der Waals surface area contributed by atoms with Gasteiger partial charge < -0.3 is 11.1 Å². The van der Waals surface area contributed by atoms with Gasteiger partial charge in [-0.3, -0.25) is 0 Å². The van der Waals surface area contributed by atoms with E-state index in [9.17, 15) is 13.2 Å². The van der Waals surface area contributed by atoms with Gasteiger partial charge in [0.2, 0.25) is 5.95 Å². The number of nitrogen functional groups attached to an aromatic ring is 1. The van der Waals surface area contributed by atoms with Crippen LogP contribution in [0.15, 0.2) is 6.07 Å². The smallest absolute Gasteiger partial charge is 0.370 e. The van der Waals surface area contributed by atoms with Gasteiger partial charge in [-0.2, -0.15) is 29.9 Å². The largest absolute Gasteiger partial charge is 0.433 e. The zero-order valence-corrected chi connectivity index (χ0v) is 10.3. The summed E-state index contributed by atoms with van der Waals surface area (Å²) in [7, 11) is 0. The van der Waals surface area contributed by atoms with Crippen LogP contribution in [0.2, 0.25) is 0 Å². The highest BCUT2D eigenvalue weighted by Gasteiger charge is 2.33. The molecule has 1 saturated heterocycles. The van der Waals surface area contributed by atoms with Crippen LogP contribution in [0.25, 0.3) is 0 Å². The summed E-state index contributed by atoms with van der Waals surface area (Å²) in [5.74, 6) is 2.37. The lowest BCUT2D eigenvalue weighted by atomic mass is 10.1. The maximum atomic E-state index is 12.5. The Bertz CT molecular complexity index is 418. The summed E-state index contributed by atoms with van der Waals surface area (Å²) in [5, 5.41) is 2.90. The van der Waals surface area contributed by atoms with Gasteiger partial charge in [0.1, 0.15) is 5.82 Å². The fraction of sp³-hybridized carbons (Fsp3) is 0.600. The molecule has 0 aliphatic carbocycles. The molecule has 0 bridgehead atoms. The molecule has 0 amide bonds.